The number of fused-ring (bicyclic) bond motifs is 3. The normalized spacial score (nSPS) is 35.4. The van der Waals surface area contributed by atoms with Gasteiger partial charge in [0, 0.05) is 17.3 Å². The highest BCUT2D eigenvalue weighted by Gasteiger charge is 2.65. The van der Waals surface area contributed by atoms with Crippen molar-refractivity contribution in [1.82, 2.24) is 0 Å². The largest absolute Gasteiger partial charge is 0.511 e. The van der Waals surface area contributed by atoms with E-state index >= 15 is 0 Å². The average molecular weight is 558 g/mol. The molecule has 0 spiro atoms. The summed E-state index contributed by atoms with van der Waals surface area (Å²) >= 11 is 0. The lowest BCUT2D eigenvalue weighted by Gasteiger charge is -2.64. The summed E-state index contributed by atoms with van der Waals surface area (Å²) < 4.78 is 11.3. The van der Waals surface area contributed by atoms with Gasteiger partial charge in [-0.25, -0.2) is 0 Å². The Morgan fingerprint density at radius 2 is 1.75 bits per heavy atom. The van der Waals surface area contributed by atoms with Crippen LogP contribution in [0.3, 0.4) is 0 Å². The Bertz CT molecular complexity index is 1070. The topological polar surface area (TPSA) is 96.6 Å². The molecule has 1 saturated carbocycles. The van der Waals surface area contributed by atoms with Gasteiger partial charge in [-0.2, -0.15) is 5.26 Å². The molecule has 0 bridgehead atoms. The van der Waals surface area contributed by atoms with Crippen molar-refractivity contribution in [3.8, 4) is 6.07 Å². The van der Waals surface area contributed by atoms with Crippen molar-refractivity contribution in [2.45, 2.75) is 127 Å². The predicted octanol–water partition coefficient (Wildman–Crippen LogP) is 8.31. The molecule has 6 atom stereocenters. The number of nitriles is 1. The van der Waals surface area contributed by atoms with Gasteiger partial charge in [0.1, 0.15) is 5.76 Å². The number of allylic oxidation sites excluding steroid dienone is 2. The van der Waals surface area contributed by atoms with Crippen LogP contribution in [-0.4, -0.2) is 30.8 Å². The molecule has 3 aliphatic rings. The third-order valence-corrected chi connectivity index (χ3v) is 12.3. The molecule has 2 fully saturated rings. The van der Waals surface area contributed by atoms with Gasteiger partial charge in [-0.1, -0.05) is 61.8 Å². The molecular weight excluding hydrogens is 502 g/mol. The average Bonchev–Trinajstić information content (AvgIpc) is 2.98. The van der Waals surface area contributed by atoms with Gasteiger partial charge in [-0.3, -0.25) is 9.59 Å². The number of aliphatic hydroxyl groups excluding tert-OH is 1. The minimum atomic E-state index is -0.624. The highest BCUT2D eigenvalue weighted by atomic mass is 16.5. The number of methoxy groups -OCH3 is 1. The Kier molecular flexibility index (Phi) is 8.93. The number of esters is 2. The number of hydrogen-bond donors (Lipinski definition) is 1. The Morgan fingerprint density at radius 1 is 1.10 bits per heavy atom. The zero-order valence-electron chi connectivity index (χ0n) is 27.0. The minimum Gasteiger partial charge on any atom is -0.511 e. The van der Waals surface area contributed by atoms with E-state index in [-0.39, 0.29) is 51.2 Å². The van der Waals surface area contributed by atoms with Crippen LogP contribution >= 0.6 is 0 Å². The van der Waals surface area contributed by atoms with Crippen LogP contribution in [0.25, 0.3) is 0 Å². The first-order valence-corrected chi connectivity index (χ1v) is 15.4. The summed E-state index contributed by atoms with van der Waals surface area (Å²) in [5, 5.41) is 21.0. The number of nitrogens with zero attached hydrogens (tertiary/aromatic N) is 1. The van der Waals surface area contributed by atoms with E-state index < -0.39 is 10.8 Å². The van der Waals surface area contributed by atoms with Crippen molar-refractivity contribution in [1.29, 1.82) is 5.26 Å². The quantitative estimate of drug-likeness (QED) is 0.286. The Morgan fingerprint density at radius 3 is 2.33 bits per heavy atom. The Balaban J connectivity index is 1.99. The first-order valence-electron chi connectivity index (χ1n) is 15.4. The fourth-order valence-electron chi connectivity index (χ4n) is 9.17. The predicted molar refractivity (Wildman–Crippen MR) is 157 cm³/mol. The molecular formula is C34H55NO5. The van der Waals surface area contributed by atoms with Crippen LogP contribution in [0, 0.1) is 55.7 Å². The van der Waals surface area contributed by atoms with E-state index in [4.69, 9.17) is 9.47 Å². The lowest BCUT2D eigenvalue weighted by molar-refractivity contribution is -0.162. The van der Waals surface area contributed by atoms with Gasteiger partial charge in [-0.05, 0) is 86.4 Å². The van der Waals surface area contributed by atoms with Crippen molar-refractivity contribution in [2.75, 3.05) is 13.7 Å². The zero-order chi connectivity index (χ0) is 30.4. The molecule has 6 heteroatoms. The van der Waals surface area contributed by atoms with Crippen LogP contribution in [0.1, 0.15) is 127 Å². The van der Waals surface area contributed by atoms with E-state index in [9.17, 15) is 20.0 Å². The number of ether oxygens (including phenoxy) is 2. The summed E-state index contributed by atoms with van der Waals surface area (Å²) in [5.41, 5.74) is -1.50. The van der Waals surface area contributed by atoms with Gasteiger partial charge in [0.15, 0.2) is 0 Å². The lowest BCUT2D eigenvalue weighted by atomic mass is 9.39. The molecule has 0 aromatic rings. The monoisotopic (exact) mass is 557 g/mol. The van der Waals surface area contributed by atoms with Crippen LogP contribution < -0.4 is 0 Å². The van der Waals surface area contributed by atoms with Gasteiger partial charge in [0.25, 0.3) is 0 Å². The van der Waals surface area contributed by atoms with E-state index in [0.29, 0.717) is 31.4 Å². The molecule has 226 valence electrons. The maximum absolute atomic E-state index is 13.2. The van der Waals surface area contributed by atoms with Crippen molar-refractivity contribution >= 4 is 11.9 Å². The third kappa shape index (κ3) is 5.43. The fraction of sp³-hybridized carbons (Fsp3) is 0.853. The molecule has 0 radical (unpaired) electrons. The van der Waals surface area contributed by atoms with Gasteiger partial charge in [0.05, 0.1) is 30.8 Å². The van der Waals surface area contributed by atoms with Crippen LogP contribution in [0.15, 0.2) is 11.3 Å². The van der Waals surface area contributed by atoms with Gasteiger partial charge < -0.3 is 14.6 Å². The Hall–Kier alpha value is -2.03. The Labute approximate surface area is 243 Å². The first-order chi connectivity index (χ1) is 18.4. The van der Waals surface area contributed by atoms with Gasteiger partial charge in [0.2, 0.25) is 0 Å². The number of cyclic esters (lactones) is 1. The molecule has 6 nitrogen and oxygen atoms in total. The van der Waals surface area contributed by atoms with E-state index in [0.717, 1.165) is 44.9 Å². The standard InChI is InChI=1S/C34H55NO5/c1-11-13-29(2,3)15-16-31(6,28(38)39-10)17-18-32(7)22-40-26(36)19-25-33(8)20-23(21-35)27(37)30(4,5)24(33)12-14-34(25,32)9/h24-25,37H,11-20,22H2,1-10H3/t24-,25+,31-,32+,33-,34+/m0/s1. The second kappa shape index (κ2) is 11.0. The number of hydrogen-bond acceptors (Lipinski definition) is 6. The molecule has 1 aliphatic heterocycles. The van der Waals surface area contributed by atoms with Crippen LogP contribution in [-0.2, 0) is 19.1 Å². The summed E-state index contributed by atoms with van der Waals surface area (Å²) in [6.45, 7) is 20.0. The van der Waals surface area contributed by atoms with Crippen molar-refractivity contribution in [3.63, 3.8) is 0 Å². The molecule has 1 saturated heterocycles. The van der Waals surface area contributed by atoms with Crippen molar-refractivity contribution in [2.24, 2.45) is 44.3 Å². The number of carbonyl (C=O) groups excluding carboxylic acids is 2. The number of carbonyl (C=O) groups is 2. The van der Waals surface area contributed by atoms with Gasteiger partial charge >= 0.3 is 11.9 Å². The van der Waals surface area contributed by atoms with E-state index in [1.807, 2.05) is 20.8 Å². The summed E-state index contributed by atoms with van der Waals surface area (Å²) in [6.07, 6.45) is 7.92. The third-order valence-electron chi connectivity index (χ3n) is 12.3. The van der Waals surface area contributed by atoms with Crippen LogP contribution in [0.5, 0.6) is 0 Å². The molecule has 40 heavy (non-hydrogen) atoms. The second-order valence-electron chi connectivity index (χ2n) is 15.8. The molecule has 2 aliphatic carbocycles. The summed E-state index contributed by atoms with van der Waals surface area (Å²) in [4.78, 5) is 26.4. The fourth-order valence-corrected chi connectivity index (χ4v) is 9.17. The smallest absolute Gasteiger partial charge is 0.311 e. The molecule has 1 N–H and O–H groups in total. The van der Waals surface area contributed by atoms with E-state index in [2.05, 4.69) is 47.6 Å². The number of rotatable bonds is 9. The molecule has 0 aromatic carbocycles. The molecule has 0 amide bonds. The maximum Gasteiger partial charge on any atom is 0.311 e. The SMILES string of the molecule is CCCC(C)(C)CC[C@@](C)(CC[C@]1(C)COC(=O)C[C@@H]2[C@@]3(C)CC(C#N)=C(O)C(C)(C)[C@@H]3CC[C@]21C)C(=O)OC. The molecule has 0 aromatic heterocycles. The number of aliphatic hydroxyl groups is 1. The summed E-state index contributed by atoms with van der Waals surface area (Å²) in [7, 11) is 1.48. The second-order valence-corrected chi connectivity index (χ2v) is 15.8. The molecule has 1 heterocycles. The maximum atomic E-state index is 13.2. The first kappa shape index (κ1) is 32.5. The lowest BCUT2D eigenvalue weighted by Crippen LogP contribution is -2.59. The van der Waals surface area contributed by atoms with Crippen molar-refractivity contribution in [3.05, 3.63) is 11.3 Å². The van der Waals surface area contributed by atoms with Crippen LogP contribution in [0.2, 0.25) is 0 Å². The van der Waals surface area contributed by atoms with Crippen molar-refractivity contribution < 1.29 is 24.2 Å². The van der Waals surface area contributed by atoms with Crippen LogP contribution in [0.4, 0.5) is 0 Å². The highest BCUT2D eigenvalue weighted by Crippen LogP contribution is 2.70. The highest BCUT2D eigenvalue weighted by molar-refractivity contribution is 5.76. The summed E-state index contributed by atoms with van der Waals surface area (Å²) in [6, 6.07) is 2.28. The summed E-state index contributed by atoms with van der Waals surface area (Å²) in [5.74, 6) is -0.0117. The molecule has 0 unspecified atom stereocenters. The van der Waals surface area contributed by atoms with E-state index in [1.54, 1.807) is 0 Å². The minimum absolute atomic E-state index is 0.0117. The molecule has 3 rings (SSSR count). The zero-order valence-corrected chi connectivity index (χ0v) is 27.0. The van der Waals surface area contributed by atoms with E-state index in [1.165, 1.54) is 7.11 Å². The van der Waals surface area contributed by atoms with Gasteiger partial charge in [-0.15, -0.1) is 0 Å².